The van der Waals surface area contributed by atoms with Crippen LogP contribution in [0.15, 0.2) is 4.42 Å². The van der Waals surface area contributed by atoms with E-state index in [4.69, 9.17) is 4.42 Å². The van der Waals surface area contributed by atoms with E-state index in [-0.39, 0.29) is 5.91 Å². The smallest absolute Gasteiger partial charge is 0.257 e. The summed E-state index contributed by atoms with van der Waals surface area (Å²) in [7, 11) is 0. The van der Waals surface area contributed by atoms with E-state index < -0.39 is 0 Å². The van der Waals surface area contributed by atoms with Gasteiger partial charge in [-0.25, -0.2) is 0 Å². The van der Waals surface area contributed by atoms with E-state index in [1.54, 1.807) is 11.3 Å². The summed E-state index contributed by atoms with van der Waals surface area (Å²) in [5.41, 5.74) is 1.67. The highest BCUT2D eigenvalue weighted by Crippen LogP contribution is 2.24. The van der Waals surface area contributed by atoms with Gasteiger partial charge in [0.2, 0.25) is 5.13 Å². The summed E-state index contributed by atoms with van der Waals surface area (Å²) in [6, 6.07) is 0. The molecule has 2 aromatic rings. The Bertz CT molecular complexity index is 698. The summed E-state index contributed by atoms with van der Waals surface area (Å²) in [6.07, 6.45) is 0. The van der Waals surface area contributed by atoms with Crippen LogP contribution < -0.4 is 4.90 Å². The molecule has 1 amide bonds. The lowest BCUT2D eigenvalue weighted by Crippen LogP contribution is -2.49. The number of hydrogen-bond acceptors (Lipinski definition) is 6. The van der Waals surface area contributed by atoms with Crippen molar-refractivity contribution in [3.05, 3.63) is 27.7 Å². The standard InChI is InChI=1S/C15H20N4O2S/c1-9-10(2)21-11(3)13(9)14(20)18-5-7-19(8-6-18)15-17-16-12(4)22-15/h5-8H2,1-4H3. The van der Waals surface area contributed by atoms with E-state index in [1.165, 1.54) is 0 Å². The van der Waals surface area contributed by atoms with Gasteiger partial charge >= 0.3 is 0 Å². The molecule has 1 saturated heterocycles. The molecule has 0 unspecified atom stereocenters. The fourth-order valence-corrected chi connectivity index (χ4v) is 3.52. The quantitative estimate of drug-likeness (QED) is 0.850. The zero-order valence-electron chi connectivity index (χ0n) is 13.3. The third kappa shape index (κ3) is 2.61. The van der Waals surface area contributed by atoms with E-state index in [0.717, 1.165) is 40.1 Å². The molecule has 0 saturated carbocycles. The van der Waals surface area contributed by atoms with Gasteiger partial charge in [-0.05, 0) is 27.7 Å². The molecule has 0 N–H and O–H groups in total. The number of amides is 1. The van der Waals surface area contributed by atoms with E-state index in [1.807, 2.05) is 32.6 Å². The Labute approximate surface area is 133 Å². The Balaban J connectivity index is 1.69. The zero-order chi connectivity index (χ0) is 15.9. The summed E-state index contributed by atoms with van der Waals surface area (Å²) >= 11 is 1.59. The van der Waals surface area contributed by atoms with Crippen LogP contribution in [-0.4, -0.2) is 47.2 Å². The first kappa shape index (κ1) is 15.0. The Kier molecular flexibility index (Phi) is 3.90. The third-order valence-electron chi connectivity index (χ3n) is 4.13. The van der Waals surface area contributed by atoms with Crippen molar-refractivity contribution in [3.8, 4) is 0 Å². The van der Waals surface area contributed by atoms with Crippen LogP contribution in [0, 0.1) is 27.7 Å². The molecule has 118 valence electrons. The van der Waals surface area contributed by atoms with Gasteiger partial charge in [0.05, 0.1) is 5.56 Å². The Morgan fingerprint density at radius 3 is 2.23 bits per heavy atom. The Hall–Kier alpha value is -1.89. The van der Waals surface area contributed by atoms with Crippen LogP contribution in [0.4, 0.5) is 5.13 Å². The molecule has 1 aliphatic rings. The number of furan rings is 1. The van der Waals surface area contributed by atoms with Gasteiger partial charge in [0.15, 0.2) is 0 Å². The van der Waals surface area contributed by atoms with E-state index in [2.05, 4.69) is 15.1 Å². The zero-order valence-corrected chi connectivity index (χ0v) is 14.2. The summed E-state index contributed by atoms with van der Waals surface area (Å²) in [4.78, 5) is 16.8. The molecule has 6 nitrogen and oxygen atoms in total. The van der Waals surface area contributed by atoms with Crippen molar-refractivity contribution < 1.29 is 9.21 Å². The minimum atomic E-state index is 0.0694. The minimum absolute atomic E-state index is 0.0694. The molecule has 22 heavy (non-hydrogen) atoms. The van der Waals surface area contributed by atoms with E-state index in [0.29, 0.717) is 18.8 Å². The van der Waals surface area contributed by atoms with Crippen molar-refractivity contribution >= 4 is 22.4 Å². The molecule has 3 heterocycles. The molecular formula is C15H20N4O2S. The Morgan fingerprint density at radius 2 is 1.73 bits per heavy atom. The van der Waals surface area contributed by atoms with Gasteiger partial charge in [0.1, 0.15) is 16.5 Å². The van der Waals surface area contributed by atoms with Gasteiger partial charge in [-0.15, -0.1) is 10.2 Å². The molecule has 0 aromatic carbocycles. The molecule has 0 bridgehead atoms. The highest BCUT2D eigenvalue weighted by atomic mass is 32.1. The molecule has 0 aliphatic carbocycles. The Morgan fingerprint density at radius 1 is 1.05 bits per heavy atom. The maximum absolute atomic E-state index is 12.7. The molecule has 7 heteroatoms. The number of hydrogen-bond donors (Lipinski definition) is 0. The van der Waals surface area contributed by atoms with Crippen LogP contribution >= 0.6 is 11.3 Å². The second kappa shape index (κ2) is 5.72. The number of rotatable bonds is 2. The highest BCUT2D eigenvalue weighted by molar-refractivity contribution is 7.15. The summed E-state index contributed by atoms with van der Waals surface area (Å²) in [6.45, 7) is 10.6. The van der Waals surface area contributed by atoms with E-state index in [9.17, 15) is 4.79 Å². The minimum Gasteiger partial charge on any atom is -0.466 e. The topological polar surface area (TPSA) is 62.5 Å². The van der Waals surface area contributed by atoms with Crippen molar-refractivity contribution in [1.82, 2.24) is 15.1 Å². The number of carbonyl (C=O) groups excluding carboxylic acids is 1. The molecule has 0 spiro atoms. The second-order valence-corrected chi connectivity index (χ2v) is 6.76. The lowest BCUT2D eigenvalue weighted by molar-refractivity contribution is 0.0744. The predicted octanol–water partition coefficient (Wildman–Crippen LogP) is 2.33. The summed E-state index contributed by atoms with van der Waals surface area (Å²) < 4.78 is 5.58. The number of aryl methyl sites for hydroxylation is 3. The number of anilines is 1. The van der Waals surface area contributed by atoms with Crippen LogP contribution in [-0.2, 0) is 0 Å². The van der Waals surface area contributed by atoms with Gasteiger partial charge in [-0.3, -0.25) is 4.79 Å². The summed E-state index contributed by atoms with van der Waals surface area (Å²) in [5, 5.41) is 10.1. The van der Waals surface area contributed by atoms with Crippen LogP contribution in [0.3, 0.4) is 0 Å². The first-order chi connectivity index (χ1) is 10.5. The molecule has 0 atom stereocenters. The molecule has 3 rings (SSSR count). The molecule has 0 radical (unpaired) electrons. The molecule has 2 aromatic heterocycles. The van der Waals surface area contributed by atoms with Crippen molar-refractivity contribution in [2.45, 2.75) is 27.7 Å². The number of carbonyl (C=O) groups is 1. The van der Waals surface area contributed by atoms with Crippen molar-refractivity contribution in [2.24, 2.45) is 0 Å². The lowest BCUT2D eigenvalue weighted by atomic mass is 10.1. The SMILES string of the molecule is Cc1nnc(N2CCN(C(=O)c3c(C)oc(C)c3C)CC2)s1. The fraction of sp³-hybridized carbons (Fsp3) is 0.533. The predicted molar refractivity (Wildman–Crippen MR) is 85.7 cm³/mol. The third-order valence-corrected chi connectivity index (χ3v) is 5.03. The normalized spacial score (nSPS) is 15.5. The summed E-state index contributed by atoms with van der Waals surface area (Å²) in [5.74, 6) is 1.60. The number of nitrogens with zero attached hydrogens (tertiary/aromatic N) is 4. The monoisotopic (exact) mass is 320 g/mol. The average molecular weight is 320 g/mol. The number of aromatic nitrogens is 2. The van der Waals surface area contributed by atoms with E-state index >= 15 is 0 Å². The average Bonchev–Trinajstić information content (AvgIpc) is 3.03. The van der Waals surface area contributed by atoms with Gasteiger partial charge in [0, 0.05) is 31.7 Å². The van der Waals surface area contributed by atoms with Crippen LogP contribution in [0.1, 0.15) is 32.4 Å². The fourth-order valence-electron chi connectivity index (χ4n) is 2.78. The van der Waals surface area contributed by atoms with Gasteiger partial charge < -0.3 is 14.2 Å². The number of piperazine rings is 1. The first-order valence-electron chi connectivity index (χ1n) is 7.38. The molecule has 1 aliphatic heterocycles. The lowest BCUT2D eigenvalue weighted by Gasteiger charge is -2.34. The highest BCUT2D eigenvalue weighted by Gasteiger charge is 2.27. The van der Waals surface area contributed by atoms with Gasteiger partial charge in [-0.2, -0.15) is 0 Å². The largest absolute Gasteiger partial charge is 0.466 e. The van der Waals surface area contributed by atoms with Crippen LogP contribution in [0.5, 0.6) is 0 Å². The first-order valence-corrected chi connectivity index (χ1v) is 8.20. The maximum atomic E-state index is 12.7. The molecule has 1 fully saturated rings. The van der Waals surface area contributed by atoms with Crippen molar-refractivity contribution in [1.29, 1.82) is 0 Å². The maximum Gasteiger partial charge on any atom is 0.257 e. The van der Waals surface area contributed by atoms with Gasteiger partial charge in [0.25, 0.3) is 5.91 Å². The second-order valence-electron chi connectivity index (χ2n) is 5.60. The van der Waals surface area contributed by atoms with Crippen LogP contribution in [0.2, 0.25) is 0 Å². The molecular weight excluding hydrogens is 300 g/mol. The van der Waals surface area contributed by atoms with Gasteiger partial charge in [-0.1, -0.05) is 11.3 Å². The van der Waals surface area contributed by atoms with Crippen LogP contribution in [0.25, 0.3) is 0 Å². The van der Waals surface area contributed by atoms with Crippen molar-refractivity contribution in [2.75, 3.05) is 31.1 Å². The van der Waals surface area contributed by atoms with Crippen molar-refractivity contribution in [3.63, 3.8) is 0 Å².